The first-order chi connectivity index (χ1) is 18.6. The lowest BCUT2D eigenvalue weighted by atomic mass is 9.82. The second kappa shape index (κ2) is 10.3. The summed E-state index contributed by atoms with van der Waals surface area (Å²) in [6.45, 7) is 3.21. The Morgan fingerprint density at radius 2 is 1.92 bits per heavy atom. The molecular formula is C29H31N3O7. The first-order valence-electron chi connectivity index (χ1n) is 12.9. The van der Waals surface area contributed by atoms with Crippen molar-refractivity contribution in [3.05, 3.63) is 71.3 Å². The zero-order chi connectivity index (χ0) is 27.9. The summed E-state index contributed by atoms with van der Waals surface area (Å²) < 4.78 is 5.18. The Morgan fingerprint density at radius 3 is 2.62 bits per heavy atom. The molecule has 10 nitrogen and oxygen atoms in total. The molecule has 0 spiro atoms. The number of ether oxygens (including phenoxy) is 1. The van der Waals surface area contributed by atoms with E-state index in [1.54, 1.807) is 42.2 Å². The first kappa shape index (κ1) is 26.6. The molecule has 2 aromatic carbocycles. The van der Waals surface area contributed by atoms with Crippen LogP contribution in [-0.2, 0) is 42.5 Å². The second-order valence-electron chi connectivity index (χ2n) is 10.2. The van der Waals surface area contributed by atoms with E-state index in [2.05, 4.69) is 5.32 Å². The fourth-order valence-electron chi connectivity index (χ4n) is 5.55. The van der Waals surface area contributed by atoms with E-state index in [-0.39, 0.29) is 37.3 Å². The molecule has 2 aromatic rings. The molecule has 1 saturated heterocycles. The van der Waals surface area contributed by atoms with Crippen molar-refractivity contribution in [1.82, 2.24) is 4.90 Å². The van der Waals surface area contributed by atoms with E-state index in [1.165, 1.54) is 11.8 Å². The molecule has 204 valence electrons. The highest BCUT2D eigenvalue weighted by Crippen LogP contribution is 2.44. The van der Waals surface area contributed by atoms with E-state index in [9.17, 15) is 29.4 Å². The molecule has 0 bridgehead atoms. The summed E-state index contributed by atoms with van der Waals surface area (Å²) in [5.74, 6) is -2.24. The number of β-lactam (4-membered cyclic amide) rings is 1. The molecule has 0 saturated carbocycles. The molecule has 0 aromatic heterocycles. The number of carbonyl (C=O) groups excluding carboxylic acids is 4. The van der Waals surface area contributed by atoms with Crippen LogP contribution in [0, 0.1) is 5.92 Å². The van der Waals surface area contributed by atoms with Crippen LogP contribution in [0.25, 0.3) is 0 Å². The zero-order valence-electron chi connectivity index (χ0n) is 21.8. The monoisotopic (exact) mass is 533 g/mol. The number of hydrogen-bond acceptors (Lipinski definition) is 7. The van der Waals surface area contributed by atoms with Gasteiger partial charge in [0.15, 0.2) is 11.8 Å². The number of fused-ring (bicyclic) bond motifs is 2. The number of rotatable bonds is 7. The van der Waals surface area contributed by atoms with Crippen molar-refractivity contribution in [3.8, 4) is 0 Å². The van der Waals surface area contributed by atoms with Gasteiger partial charge in [0, 0.05) is 42.7 Å². The average molecular weight is 534 g/mol. The van der Waals surface area contributed by atoms with Crippen LogP contribution >= 0.6 is 0 Å². The van der Waals surface area contributed by atoms with Gasteiger partial charge in [-0.2, -0.15) is 0 Å². The fourth-order valence-corrected chi connectivity index (χ4v) is 5.55. The normalized spacial score (nSPS) is 24.6. The predicted molar refractivity (Wildman–Crippen MR) is 141 cm³/mol. The lowest BCUT2D eigenvalue weighted by Gasteiger charge is -2.39. The Kier molecular flexibility index (Phi) is 7.00. The second-order valence-corrected chi connectivity index (χ2v) is 10.2. The van der Waals surface area contributed by atoms with Crippen molar-refractivity contribution in [2.75, 3.05) is 16.8 Å². The molecule has 10 heteroatoms. The summed E-state index contributed by atoms with van der Waals surface area (Å²) >= 11 is 0. The van der Waals surface area contributed by atoms with Crippen LogP contribution in [0.3, 0.4) is 0 Å². The number of carbonyl (C=O) groups is 4. The van der Waals surface area contributed by atoms with E-state index >= 15 is 0 Å². The summed E-state index contributed by atoms with van der Waals surface area (Å²) in [5, 5.41) is 24.1. The minimum Gasteiger partial charge on any atom is -0.441 e. The number of amides is 3. The largest absolute Gasteiger partial charge is 0.441 e. The number of nitrogens with one attached hydrogen (secondary N) is 1. The average Bonchev–Trinajstić information content (AvgIpc) is 3.17. The maximum atomic E-state index is 13.1. The van der Waals surface area contributed by atoms with Crippen molar-refractivity contribution >= 4 is 35.1 Å². The van der Waals surface area contributed by atoms with Gasteiger partial charge < -0.3 is 25.2 Å². The van der Waals surface area contributed by atoms with Gasteiger partial charge in [-0.3, -0.25) is 24.1 Å². The Morgan fingerprint density at radius 1 is 1.18 bits per heavy atom. The summed E-state index contributed by atoms with van der Waals surface area (Å²) in [5.41, 5.74) is 1.34. The van der Waals surface area contributed by atoms with Gasteiger partial charge in [-0.25, -0.2) is 0 Å². The highest BCUT2D eigenvalue weighted by atomic mass is 16.6. The van der Waals surface area contributed by atoms with Gasteiger partial charge >= 0.3 is 5.97 Å². The van der Waals surface area contributed by atoms with Crippen molar-refractivity contribution in [1.29, 1.82) is 0 Å². The maximum Gasteiger partial charge on any atom is 0.304 e. The Labute approximate surface area is 225 Å². The minimum atomic E-state index is -1.94. The van der Waals surface area contributed by atoms with Crippen molar-refractivity contribution < 1.29 is 34.1 Å². The minimum absolute atomic E-state index is 0.0416. The third-order valence-corrected chi connectivity index (χ3v) is 7.76. The van der Waals surface area contributed by atoms with E-state index in [1.807, 2.05) is 24.3 Å². The quantitative estimate of drug-likeness (QED) is 0.281. The topological polar surface area (TPSA) is 136 Å². The molecular weight excluding hydrogens is 502 g/mol. The molecule has 0 radical (unpaired) electrons. The van der Waals surface area contributed by atoms with Crippen LogP contribution in [-0.4, -0.2) is 57.7 Å². The predicted octanol–water partition coefficient (Wildman–Crippen LogP) is 1.98. The van der Waals surface area contributed by atoms with Gasteiger partial charge in [0.05, 0.1) is 19.1 Å². The van der Waals surface area contributed by atoms with Gasteiger partial charge in [0.1, 0.15) is 0 Å². The molecule has 4 atom stereocenters. The van der Waals surface area contributed by atoms with E-state index in [0.29, 0.717) is 29.9 Å². The summed E-state index contributed by atoms with van der Waals surface area (Å²) in [4.78, 5) is 52.6. The number of anilines is 2. The lowest BCUT2D eigenvalue weighted by Crippen LogP contribution is -2.55. The fraction of sp³-hybridized carbons (Fsp3) is 0.379. The number of benzene rings is 2. The number of aliphatic hydroxyl groups is 2. The van der Waals surface area contributed by atoms with E-state index < -0.39 is 29.6 Å². The smallest absolute Gasteiger partial charge is 0.304 e. The summed E-state index contributed by atoms with van der Waals surface area (Å²) in [6, 6.07) is 12.3. The van der Waals surface area contributed by atoms with Crippen LogP contribution in [0.15, 0.2) is 54.6 Å². The molecule has 1 fully saturated rings. The molecule has 3 heterocycles. The maximum absolute atomic E-state index is 13.1. The third kappa shape index (κ3) is 4.70. The zero-order valence-corrected chi connectivity index (χ0v) is 21.8. The van der Waals surface area contributed by atoms with E-state index in [4.69, 9.17) is 4.74 Å². The lowest BCUT2D eigenvalue weighted by molar-refractivity contribution is -0.154. The number of hydrogen-bond donors (Lipinski definition) is 3. The molecule has 1 unspecified atom stereocenters. The van der Waals surface area contributed by atoms with Crippen LogP contribution in [0.5, 0.6) is 0 Å². The van der Waals surface area contributed by atoms with E-state index in [0.717, 1.165) is 11.1 Å². The van der Waals surface area contributed by atoms with Crippen LogP contribution in [0.4, 0.5) is 11.4 Å². The van der Waals surface area contributed by atoms with Gasteiger partial charge in [0.25, 0.3) is 5.91 Å². The summed E-state index contributed by atoms with van der Waals surface area (Å²) in [6.07, 6.45) is 3.20. The molecule has 5 rings (SSSR count). The van der Waals surface area contributed by atoms with Crippen molar-refractivity contribution in [2.24, 2.45) is 5.92 Å². The molecule has 3 N–H and O–H groups in total. The molecule has 3 aliphatic heterocycles. The molecule has 0 aliphatic carbocycles. The highest BCUT2D eigenvalue weighted by molar-refractivity contribution is 6.07. The summed E-state index contributed by atoms with van der Waals surface area (Å²) in [7, 11) is 0. The Bertz CT molecular complexity index is 1370. The highest BCUT2D eigenvalue weighted by Gasteiger charge is 2.49. The molecule has 39 heavy (non-hydrogen) atoms. The van der Waals surface area contributed by atoms with Crippen LogP contribution < -0.4 is 10.2 Å². The first-order valence-corrected chi connectivity index (χ1v) is 12.9. The molecule has 3 aliphatic rings. The molecule has 3 amide bonds. The SMILES string of the molecule is CC(=O)OC1CC(=O)N1c1ccc2c(c1)[C@](O)([C@@H](C)/C=C/CC(=O)N1Cc3ccccc3C[C@H]1CO)C(=O)N2. The standard InChI is InChI=1S/C29H31N3O7/c1-17(6-5-9-25(35)31-15-20-8-4-3-7-19(20)12-22(31)16-33)29(38)23-13-21(10-11-24(23)30-28(29)37)32-26(36)14-27(32)39-18(2)34/h3-8,10-11,13,17,22,27,33,38H,9,12,14-16H2,1-2H3,(H,30,37)/b6-5+/t17-,22-,27?,29+/m0/s1. The van der Waals surface area contributed by atoms with Crippen molar-refractivity contribution in [2.45, 2.75) is 57.5 Å². The third-order valence-electron chi connectivity index (χ3n) is 7.76. The van der Waals surface area contributed by atoms with Gasteiger partial charge in [0.2, 0.25) is 11.8 Å². The van der Waals surface area contributed by atoms with Gasteiger partial charge in [-0.15, -0.1) is 0 Å². The van der Waals surface area contributed by atoms with Gasteiger partial charge in [-0.1, -0.05) is 43.3 Å². The number of esters is 1. The Hall–Kier alpha value is -4.02. The Balaban J connectivity index is 1.31. The van der Waals surface area contributed by atoms with Crippen LogP contribution in [0.1, 0.15) is 43.4 Å². The van der Waals surface area contributed by atoms with Gasteiger partial charge in [-0.05, 0) is 35.7 Å². The van der Waals surface area contributed by atoms with Crippen LogP contribution in [0.2, 0.25) is 0 Å². The number of nitrogens with zero attached hydrogens (tertiary/aromatic N) is 2. The number of aliphatic hydroxyl groups excluding tert-OH is 1. The van der Waals surface area contributed by atoms with Crippen molar-refractivity contribution in [3.63, 3.8) is 0 Å².